The molecule has 0 amide bonds. The lowest BCUT2D eigenvalue weighted by Crippen LogP contribution is -2.27. The van der Waals surface area contributed by atoms with Crippen LogP contribution in [0.2, 0.25) is 0 Å². The van der Waals surface area contributed by atoms with Gasteiger partial charge in [-0.15, -0.1) is 0 Å². The van der Waals surface area contributed by atoms with Crippen molar-refractivity contribution in [1.82, 2.24) is 4.57 Å². The van der Waals surface area contributed by atoms with E-state index < -0.39 is 29.3 Å². The molecule has 1 heterocycles. The highest BCUT2D eigenvalue weighted by Gasteiger charge is 2.32. The Morgan fingerprint density at radius 3 is 2.33 bits per heavy atom. The molecule has 0 saturated heterocycles. The second kappa shape index (κ2) is 6.23. The van der Waals surface area contributed by atoms with Crippen molar-refractivity contribution >= 4 is 22.0 Å². The van der Waals surface area contributed by atoms with E-state index in [1.54, 1.807) is 20.8 Å². The molecule has 0 saturated carbocycles. The van der Waals surface area contributed by atoms with Gasteiger partial charge in [0.15, 0.2) is 0 Å². The number of alkyl halides is 3. The minimum absolute atomic E-state index is 0.0419. The van der Waals surface area contributed by atoms with Crippen molar-refractivity contribution in [3.8, 4) is 11.3 Å². The van der Waals surface area contributed by atoms with E-state index in [-0.39, 0.29) is 11.3 Å². The highest BCUT2D eigenvalue weighted by atomic mass is 79.9. The first-order chi connectivity index (χ1) is 10.9. The van der Waals surface area contributed by atoms with Gasteiger partial charge in [0, 0.05) is 16.2 Å². The zero-order chi connectivity index (χ0) is 18.3. The Morgan fingerprint density at radius 1 is 1.17 bits per heavy atom. The van der Waals surface area contributed by atoms with Gasteiger partial charge in [-0.2, -0.15) is 13.2 Å². The van der Waals surface area contributed by atoms with Crippen LogP contribution in [0, 0.1) is 5.82 Å². The third kappa shape index (κ3) is 4.17. The Hall–Kier alpha value is -1.83. The summed E-state index contributed by atoms with van der Waals surface area (Å²) < 4.78 is 59.3. The van der Waals surface area contributed by atoms with Crippen molar-refractivity contribution in [2.45, 2.75) is 32.5 Å². The molecule has 3 nitrogen and oxygen atoms in total. The van der Waals surface area contributed by atoms with Crippen molar-refractivity contribution in [1.29, 1.82) is 0 Å². The fourth-order valence-corrected chi connectivity index (χ4v) is 2.42. The lowest BCUT2D eigenvalue weighted by molar-refractivity contribution is -0.137. The average Bonchev–Trinajstić information content (AvgIpc) is 2.78. The standard InChI is InChI=1S/C16H14BrF4NO2/c1-15(2,3)24-14(23)22-8-10(17)7-13(22)11-6-9(16(19,20)21)4-5-12(11)18/h4-8H,1-3H3. The largest absolute Gasteiger partial charge is 0.443 e. The van der Waals surface area contributed by atoms with E-state index in [2.05, 4.69) is 15.9 Å². The normalized spacial score (nSPS) is 12.3. The van der Waals surface area contributed by atoms with Crippen LogP contribution in [0.1, 0.15) is 26.3 Å². The minimum atomic E-state index is -4.62. The number of hydrogen-bond donors (Lipinski definition) is 0. The lowest BCUT2D eigenvalue weighted by Gasteiger charge is -2.20. The van der Waals surface area contributed by atoms with Crippen LogP contribution in [0.5, 0.6) is 0 Å². The molecule has 0 aliphatic rings. The van der Waals surface area contributed by atoms with Crippen LogP contribution in [0.25, 0.3) is 11.3 Å². The van der Waals surface area contributed by atoms with E-state index in [1.807, 2.05) is 0 Å². The molecule has 0 unspecified atom stereocenters. The zero-order valence-corrected chi connectivity index (χ0v) is 14.6. The molecule has 2 aromatic rings. The first-order valence-corrected chi connectivity index (χ1v) is 7.66. The summed E-state index contributed by atoms with van der Waals surface area (Å²) in [6, 6.07) is 3.38. The summed E-state index contributed by atoms with van der Waals surface area (Å²) in [5, 5.41) is 0. The van der Waals surface area contributed by atoms with Gasteiger partial charge < -0.3 is 4.74 Å². The molecule has 8 heteroatoms. The van der Waals surface area contributed by atoms with Crippen LogP contribution in [-0.4, -0.2) is 16.3 Å². The highest BCUT2D eigenvalue weighted by molar-refractivity contribution is 9.10. The number of nitrogens with zero attached hydrogens (tertiary/aromatic N) is 1. The van der Waals surface area contributed by atoms with Crippen molar-refractivity contribution in [2.24, 2.45) is 0 Å². The molecule has 0 fully saturated rings. The summed E-state index contributed by atoms with van der Waals surface area (Å²) in [5.74, 6) is -0.876. The Balaban J connectivity index is 2.56. The molecule has 2 rings (SSSR count). The zero-order valence-electron chi connectivity index (χ0n) is 13.0. The molecular weight excluding hydrogens is 394 g/mol. The number of rotatable bonds is 1. The van der Waals surface area contributed by atoms with Crippen molar-refractivity contribution < 1.29 is 27.1 Å². The molecule has 0 bridgehead atoms. The second-order valence-corrected chi connectivity index (χ2v) is 7.00. The van der Waals surface area contributed by atoms with E-state index in [4.69, 9.17) is 4.74 Å². The summed E-state index contributed by atoms with van der Waals surface area (Å²) >= 11 is 3.14. The monoisotopic (exact) mass is 407 g/mol. The molecule has 24 heavy (non-hydrogen) atoms. The predicted molar refractivity (Wildman–Crippen MR) is 84.2 cm³/mol. The lowest BCUT2D eigenvalue weighted by atomic mass is 10.1. The molecule has 0 aliphatic heterocycles. The molecule has 0 atom stereocenters. The smallest absolute Gasteiger partial charge is 0.419 e. The molecule has 0 N–H and O–H groups in total. The van der Waals surface area contributed by atoms with Crippen LogP contribution < -0.4 is 0 Å². The Morgan fingerprint density at radius 2 is 1.79 bits per heavy atom. The third-order valence-electron chi connectivity index (χ3n) is 2.95. The summed E-state index contributed by atoms with van der Waals surface area (Å²) in [7, 11) is 0. The molecule has 1 aromatic carbocycles. The quantitative estimate of drug-likeness (QED) is 0.554. The van der Waals surface area contributed by atoms with Crippen molar-refractivity contribution in [2.75, 3.05) is 0 Å². The summed E-state index contributed by atoms with van der Waals surface area (Å²) in [6.45, 7) is 4.94. The van der Waals surface area contributed by atoms with Gasteiger partial charge in [0.2, 0.25) is 0 Å². The molecule has 130 valence electrons. The third-order valence-corrected chi connectivity index (χ3v) is 3.38. The van der Waals surface area contributed by atoms with Gasteiger partial charge in [0.25, 0.3) is 0 Å². The van der Waals surface area contributed by atoms with Gasteiger partial charge in [0.1, 0.15) is 11.4 Å². The van der Waals surface area contributed by atoms with E-state index in [0.29, 0.717) is 16.6 Å². The summed E-state index contributed by atoms with van der Waals surface area (Å²) in [5.41, 5.74) is -2.20. The van der Waals surface area contributed by atoms with E-state index in [9.17, 15) is 22.4 Å². The fourth-order valence-electron chi connectivity index (χ4n) is 2.00. The number of ether oxygens (including phenoxy) is 1. The summed E-state index contributed by atoms with van der Waals surface area (Å²) in [4.78, 5) is 12.2. The molecule has 0 aliphatic carbocycles. The maximum absolute atomic E-state index is 14.1. The molecular formula is C16H14BrF4NO2. The second-order valence-electron chi connectivity index (χ2n) is 6.09. The van der Waals surface area contributed by atoms with Crippen LogP contribution in [0.3, 0.4) is 0 Å². The van der Waals surface area contributed by atoms with Crippen LogP contribution in [0.4, 0.5) is 22.4 Å². The molecule has 1 aromatic heterocycles. The molecule has 0 radical (unpaired) electrons. The van der Waals surface area contributed by atoms with Crippen molar-refractivity contribution in [3.05, 3.63) is 46.3 Å². The van der Waals surface area contributed by atoms with E-state index in [1.165, 1.54) is 12.3 Å². The van der Waals surface area contributed by atoms with Gasteiger partial charge in [-0.25, -0.2) is 9.18 Å². The van der Waals surface area contributed by atoms with Gasteiger partial charge in [-0.1, -0.05) is 0 Å². The molecule has 0 spiro atoms. The van der Waals surface area contributed by atoms with Crippen LogP contribution >= 0.6 is 15.9 Å². The average molecular weight is 408 g/mol. The topological polar surface area (TPSA) is 31.2 Å². The van der Waals surface area contributed by atoms with Crippen LogP contribution in [-0.2, 0) is 10.9 Å². The maximum Gasteiger partial charge on any atom is 0.419 e. The predicted octanol–water partition coefficient (Wildman–Crippen LogP) is 5.86. The number of hydrogen-bond acceptors (Lipinski definition) is 2. The minimum Gasteiger partial charge on any atom is -0.443 e. The number of aromatic nitrogens is 1. The number of carbonyl (C=O) groups excluding carboxylic acids is 1. The number of benzene rings is 1. The van der Waals surface area contributed by atoms with E-state index in [0.717, 1.165) is 10.6 Å². The van der Waals surface area contributed by atoms with E-state index >= 15 is 0 Å². The van der Waals surface area contributed by atoms with Gasteiger partial charge >= 0.3 is 12.3 Å². The van der Waals surface area contributed by atoms with Gasteiger partial charge in [-0.3, -0.25) is 4.57 Å². The maximum atomic E-state index is 14.1. The highest BCUT2D eigenvalue weighted by Crippen LogP contribution is 2.35. The number of carbonyl (C=O) groups is 1. The first kappa shape index (κ1) is 18.5. The first-order valence-electron chi connectivity index (χ1n) is 6.87. The van der Waals surface area contributed by atoms with Gasteiger partial charge in [-0.05, 0) is 61.0 Å². The SMILES string of the molecule is CC(C)(C)OC(=O)n1cc(Br)cc1-c1cc(C(F)(F)F)ccc1F. The van der Waals surface area contributed by atoms with Crippen molar-refractivity contribution in [3.63, 3.8) is 0 Å². The number of halogens is 5. The Kier molecular flexibility index (Phi) is 4.81. The van der Waals surface area contributed by atoms with Crippen LogP contribution in [0.15, 0.2) is 34.9 Å². The fraction of sp³-hybridized carbons (Fsp3) is 0.312. The van der Waals surface area contributed by atoms with Gasteiger partial charge in [0.05, 0.1) is 11.3 Å². The summed E-state index contributed by atoms with van der Waals surface area (Å²) in [6.07, 6.45) is -4.13. The Labute approximate surface area is 144 Å². The Bertz CT molecular complexity index is 775.